The van der Waals surface area contributed by atoms with Crippen molar-refractivity contribution >= 4 is 21.6 Å². The van der Waals surface area contributed by atoms with E-state index in [2.05, 4.69) is 5.32 Å². The second-order valence-corrected chi connectivity index (χ2v) is 9.02. The summed E-state index contributed by atoms with van der Waals surface area (Å²) >= 11 is 0. The molecular weight excluding hydrogens is 437 g/mol. The minimum absolute atomic E-state index is 0.0716. The predicted molar refractivity (Wildman–Crippen MR) is 106 cm³/mol. The van der Waals surface area contributed by atoms with Crippen LogP contribution in [0.5, 0.6) is 0 Å². The maximum atomic E-state index is 13.4. The van der Waals surface area contributed by atoms with Gasteiger partial charge in [-0.2, -0.15) is 4.31 Å². The van der Waals surface area contributed by atoms with Crippen LogP contribution in [-0.4, -0.2) is 56.1 Å². The monoisotopic (exact) mass is 458 g/mol. The third-order valence-corrected chi connectivity index (χ3v) is 6.86. The van der Waals surface area contributed by atoms with Crippen LogP contribution in [0.2, 0.25) is 0 Å². The van der Waals surface area contributed by atoms with Gasteiger partial charge in [-0.15, -0.1) is 0 Å². The Hall–Kier alpha value is -2.47. The number of hydrogen-bond acceptors (Lipinski definition) is 5. The molecule has 2 N–H and O–H groups in total. The lowest BCUT2D eigenvalue weighted by Crippen LogP contribution is -2.39. The van der Waals surface area contributed by atoms with Crippen molar-refractivity contribution in [2.24, 2.45) is 0 Å². The molecule has 1 atom stereocenters. The Morgan fingerprint density at radius 3 is 2.52 bits per heavy atom. The summed E-state index contributed by atoms with van der Waals surface area (Å²) < 4.78 is 72.6. The van der Waals surface area contributed by atoms with E-state index in [-0.39, 0.29) is 48.9 Å². The van der Waals surface area contributed by atoms with Crippen LogP contribution in [0.15, 0.2) is 35.2 Å². The Morgan fingerprint density at radius 2 is 1.84 bits per heavy atom. The van der Waals surface area contributed by atoms with E-state index in [4.69, 9.17) is 4.74 Å². The Bertz CT molecular complexity index is 1070. The van der Waals surface area contributed by atoms with Gasteiger partial charge < -0.3 is 15.2 Å². The molecule has 0 aromatic heterocycles. The van der Waals surface area contributed by atoms with E-state index in [1.807, 2.05) is 0 Å². The van der Waals surface area contributed by atoms with E-state index >= 15 is 0 Å². The number of aliphatic hydroxyl groups is 1. The van der Waals surface area contributed by atoms with Crippen LogP contribution < -0.4 is 5.32 Å². The van der Waals surface area contributed by atoms with Gasteiger partial charge in [-0.1, -0.05) is 6.07 Å². The number of benzene rings is 2. The van der Waals surface area contributed by atoms with Gasteiger partial charge in [-0.3, -0.25) is 4.79 Å². The summed E-state index contributed by atoms with van der Waals surface area (Å²) in [5.41, 5.74) is -0.00196. The number of rotatable bonds is 4. The highest BCUT2D eigenvalue weighted by Crippen LogP contribution is 2.24. The first-order valence-electron chi connectivity index (χ1n) is 9.42. The van der Waals surface area contributed by atoms with Crippen molar-refractivity contribution in [1.82, 2.24) is 4.31 Å². The third-order valence-electron chi connectivity index (χ3n) is 4.82. The number of aliphatic hydroxyl groups excluding tert-OH is 1. The van der Waals surface area contributed by atoms with Gasteiger partial charge in [-0.05, 0) is 31.0 Å². The Labute approximate surface area is 177 Å². The van der Waals surface area contributed by atoms with Crippen LogP contribution in [0.4, 0.5) is 18.9 Å². The Kier molecular flexibility index (Phi) is 6.99. The molecule has 11 heteroatoms. The average Bonchev–Trinajstić information content (AvgIpc) is 2.69. The Balaban J connectivity index is 1.87. The van der Waals surface area contributed by atoms with Crippen molar-refractivity contribution in [2.75, 3.05) is 31.6 Å². The minimum Gasteiger partial charge on any atom is -0.391 e. The predicted octanol–water partition coefficient (Wildman–Crippen LogP) is 2.44. The molecule has 1 amide bonds. The fraction of sp³-hybridized carbons (Fsp3) is 0.350. The molecule has 1 aliphatic rings. The minimum atomic E-state index is -4.01. The molecule has 7 nitrogen and oxygen atoms in total. The number of ether oxygens (including phenoxy) is 1. The van der Waals surface area contributed by atoms with Crippen LogP contribution in [0.3, 0.4) is 0 Å². The van der Waals surface area contributed by atoms with Crippen molar-refractivity contribution in [1.29, 1.82) is 0 Å². The summed E-state index contributed by atoms with van der Waals surface area (Å²) in [5, 5.41) is 12.0. The normalized spacial score (nSPS) is 18.3. The van der Waals surface area contributed by atoms with E-state index in [0.717, 1.165) is 6.07 Å². The first-order valence-corrected chi connectivity index (χ1v) is 10.9. The van der Waals surface area contributed by atoms with Crippen LogP contribution in [0, 0.1) is 24.4 Å². The van der Waals surface area contributed by atoms with E-state index in [1.54, 1.807) is 6.92 Å². The molecule has 1 heterocycles. The molecule has 0 radical (unpaired) electrons. The zero-order valence-corrected chi connectivity index (χ0v) is 17.4. The molecule has 3 rings (SSSR count). The van der Waals surface area contributed by atoms with Crippen molar-refractivity contribution in [3.63, 3.8) is 0 Å². The number of amides is 1. The highest BCUT2D eigenvalue weighted by atomic mass is 32.2. The smallest absolute Gasteiger partial charge is 0.255 e. The number of carbonyl (C=O) groups excluding carboxylic acids is 1. The number of aryl methyl sites for hydroxylation is 1. The highest BCUT2D eigenvalue weighted by molar-refractivity contribution is 7.89. The molecule has 0 saturated carbocycles. The zero-order chi connectivity index (χ0) is 22.8. The van der Waals surface area contributed by atoms with E-state index in [0.29, 0.717) is 17.7 Å². The van der Waals surface area contributed by atoms with Gasteiger partial charge in [0.25, 0.3) is 5.91 Å². The van der Waals surface area contributed by atoms with Crippen molar-refractivity contribution < 1.29 is 36.2 Å². The highest BCUT2D eigenvalue weighted by Gasteiger charge is 2.28. The topological polar surface area (TPSA) is 95.9 Å². The number of hydrogen-bond donors (Lipinski definition) is 2. The number of anilines is 1. The van der Waals surface area contributed by atoms with Gasteiger partial charge in [0.05, 0.1) is 24.2 Å². The second kappa shape index (κ2) is 9.35. The summed E-state index contributed by atoms with van der Waals surface area (Å²) in [6.45, 7) is 1.97. The number of halogens is 3. The fourth-order valence-electron chi connectivity index (χ4n) is 3.10. The summed E-state index contributed by atoms with van der Waals surface area (Å²) in [6.07, 6.45) is -0.590. The first-order chi connectivity index (χ1) is 14.6. The molecule has 1 fully saturated rings. The summed E-state index contributed by atoms with van der Waals surface area (Å²) in [6, 6.07) is 5.19. The standard InChI is InChI=1S/C20H21F3N2O5S/c1-12-2-3-13(20(27)24-14-9-16(21)19(23)17(22)10-14)8-18(12)31(28,29)25-5-4-15(26)11-30-7-6-25/h2-3,8-10,15,26H,4-7,11H2,1H3,(H,24,27). The molecule has 31 heavy (non-hydrogen) atoms. The zero-order valence-electron chi connectivity index (χ0n) is 16.6. The molecule has 1 saturated heterocycles. The fourth-order valence-corrected chi connectivity index (χ4v) is 4.79. The molecule has 0 spiro atoms. The first kappa shape index (κ1) is 23.2. The lowest BCUT2D eigenvalue weighted by atomic mass is 10.1. The number of nitrogens with one attached hydrogen (secondary N) is 1. The molecular formula is C20H21F3N2O5S. The molecule has 2 aromatic carbocycles. The molecule has 1 aliphatic heterocycles. The van der Waals surface area contributed by atoms with Crippen molar-refractivity contribution in [2.45, 2.75) is 24.3 Å². The quantitative estimate of drug-likeness (QED) is 0.687. The van der Waals surface area contributed by atoms with Gasteiger partial charge in [0.2, 0.25) is 10.0 Å². The average molecular weight is 458 g/mol. The maximum absolute atomic E-state index is 13.4. The number of carbonyl (C=O) groups is 1. The van der Waals surface area contributed by atoms with Crippen molar-refractivity contribution in [3.8, 4) is 0 Å². The molecule has 168 valence electrons. The second-order valence-electron chi connectivity index (χ2n) is 7.11. The summed E-state index contributed by atoms with van der Waals surface area (Å²) in [4.78, 5) is 12.4. The Morgan fingerprint density at radius 1 is 1.16 bits per heavy atom. The largest absolute Gasteiger partial charge is 0.391 e. The van der Waals surface area contributed by atoms with Gasteiger partial charge in [0, 0.05) is 36.5 Å². The van der Waals surface area contributed by atoms with Gasteiger partial charge in [0.1, 0.15) is 0 Å². The van der Waals surface area contributed by atoms with Gasteiger partial charge in [-0.25, -0.2) is 21.6 Å². The van der Waals surface area contributed by atoms with Crippen LogP contribution in [0.25, 0.3) is 0 Å². The third kappa shape index (κ3) is 5.24. The molecule has 0 aliphatic carbocycles. The number of sulfonamides is 1. The van der Waals surface area contributed by atoms with Crippen molar-refractivity contribution in [3.05, 3.63) is 58.9 Å². The SMILES string of the molecule is Cc1ccc(C(=O)Nc2cc(F)c(F)c(F)c2)cc1S(=O)(=O)N1CCOCC(O)CC1. The van der Waals surface area contributed by atoms with Gasteiger partial charge in [0.15, 0.2) is 17.5 Å². The van der Waals surface area contributed by atoms with E-state index in [9.17, 15) is 31.5 Å². The molecule has 0 bridgehead atoms. The summed E-state index contributed by atoms with van der Waals surface area (Å²) in [7, 11) is -4.01. The van der Waals surface area contributed by atoms with Crippen LogP contribution in [-0.2, 0) is 14.8 Å². The lowest BCUT2D eigenvalue weighted by Gasteiger charge is -2.26. The molecule has 1 unspecified atom stereocenters. The number of nitrogens with zero attached hydrogens (tertiary/aromatic N) is 1. The van der Waals surface area contributed by atoms with Gasteiger partial charge >= 0.3 is 0 Å². The molecule has 2 aromatic rings. The van der Waals surface area contributed by atoms with E-state index < -0.39 is 39.5 Å². The van der Waals surface area contributed by atoms with E-state index in [1.165, 1.54) is 16.4 Å². The lowest BCUT2D eigenvalue weighted by molar-refractivity contribution is 0.0130. The van der Waals surface area contributed by atoms with Crippen LogP contribution in [0.1, 0.15) is 22.3 Å². The maximum Gasteiger partial charge on any atom is 0.255 e. The van der Waals surface area contributed by atoms with Crippen LogP contribution >= 0.6 is 0 Å². The summed E-state index contributed by atoms with van der Waals surface area (Å²) in [5.74, 6) is -5.43.